The highest BCUT2D eigenvalue weighted by molar-refractivity contribution is 7.71. The maximum absolute atomic E-state index is 5.33. The van der Waals surface area contributed by atoms with Gasteiger partial charge in [0.2, 0.25) is 10.6 Å². The molecule has 0 unspecified atom stereocenters. The predicted octanol–water partition coefficient (Wildman–Crippen LogP) is 3.39. The number of hydrogen-bond donors (Lipinski definition) is 1. The van der Waals surface area contributed by atoms with Crippen LogP contribution < -0.4 is 0 Å². The molecular weight excluding hydrogens is 272 g/mol. The van der Waals surface area contributed by atoms with Crippen molar-refractivity contribution in [3.05, 3.63) is 58.6 Å². The van der Waals surface area contributed by atoms with Gasteiger partial charge >= 0.3 is 0 Å². The van der Waals surface area contributed by atoms with Crippen molar-refractivity contribution in [3.8, 4) is 11.6 Å². The van der Waals surface area contributed by atoms with E-state index in [1.807, 2.05) is 37.3 Å². The van der Waals surface area contributed by atoms with Crippen LogP contribution in [0.2, 0.25) is 0 Å². The number of nitrogens with one attached hydrogen (secondary N) is 1. The molecule has 0 fully saturated rings. The molecule has 0 atom stereocenters. The second-order valence-electron chi connectivity index (χ2n) is 4.24. The first kappa shape index (κ1) is 12.6. The van der Waals surface area contributed by atoms with Gasteiger partial charge in [0.15, 0.2) is 5.76 Å². The van der Waals surface area contributed by atoms with E-state index in [4.69, 9.17) is 16.6 Å². The average Bonchev–Trinajstić information content (AvgIpc) is 3.08. The van der Waals surface area contributed by atoms with Crippen LogP contribution in [0.25, 0.3) is 11.6 Å². The SMILES string of the molecule is Cc1ccccc1C=Nn1c(-c2ccco2)n[nH]c1=S. The summed E-state index contributed by atoms with van der Waals surface area (Å²) < 4.78 is 7.29. The van der Waals surface area contributed by atoms with E-state index in [0.717, 1.165) is 11.1 Å². The van der Waals surface area contributed by atoms with Gasteiger partial charge in [-0.1, -0.05) is 24.3 Å². The van der Waals surface area contributed by atoms with Crippen molar-refractivity contribution in [1.29, 1.82) is 0 Å². The minimum absolute atomic E-state index is 0.418. The zero-order chi connectivity index (χ0) is 13.9. The molecule has 0 radical (unpaired) electrons. The molecule has 0 saturated heterocycles. The Labute approximate surface area is 120 Å². The molecule has 1 aromatic carbocycles. The molecule has 3 aromatic rings. The van der Waals surface area contributed by atoms with Gasteiger partial charge in [-0.25, -0.2) is 5.10 Å². The Morgan fingerprint density at radius 2 is 2.15 bits per heavy atom. The van der Waals surface area contributed by atoms with Crippen LogP contribution in [0, 0.1) is 11.7 Å². The Bertz CT molecular complexity index is 799. The van der Waals surface area contributed by atoms with E-state index in [-0.39, 0.29) is 0 Å². The maximum atomic E-state index is 5.33. The molecule has 6 heteroatoms. The van der Waals surface area contributed by atoms with Gasteiger partial charge in [0.1, 0.15) is 0 Å². The molecule has 0 spiro atoms. The first-order valence-electron chi connectivity index (χ1n) is 6.07. The fraction of sp³-hybridized carbons (Fsp3) is 0.0714. The summed E-state index contributed by atoms with van der Waals surface area (Å²) in [5.41, 5.74) is 2.17. The predicted molar refractivity (Wildman–Crippen MR) is 79.3 cm³/mol. The van der Waals surface area contributed by atoms with Gasteiger partial charge in [-0.3, -0.25) is 0 Å². The molecule has 20 heavy (non-hydrogen) atoms. The number of nitrogens with zero attached hydrogens (tertiary/aromatic N) is 3. The Hall–Kier alpha value is -2.47. The maximum Gasteiger partial charge on any atom is 0.219 e. The number of aromatic nitrogens is 3. The first-order valence-corrected chi connectivity index (χ1v) is 6.48. The number of H-pyrrole nitrogens is 1. The van der Waals surface area contributed by atoms with Gasteiger partial charge in [-0.2, -0.15) is 9.78 Å². The van der Waals surface area contributed by atoms with E-state index >= 15 is 0 Å². The molecule has 0 aliphatic rings. The molecule has 0 amide bonds. The molecule has 0 aliphatic carbocycles. The topological polar surface area (TPSA) is 59.1 Å². The largest absolute Gasteiger partial charge is 0.461 e. The normalized spacial score (nSPS) is 11.2. The Morgan fingerprint density at radius 1 is 1.30 bits per heavy atom. The van der Waals surface area contributed by atoms with E-state index in [1.165, 1.54) is 0 Å². The summed E-state index contributed by atoms with van der Waals surface area (Å²) in [4.78, 5) is 0. The summed E-state index contributed by atoms with van der Waals surface area (Å²) in [5, 5.41) is 11.2. The van der Waals surface area contributed by atoms with Crippen LogP contribution >= 0.6 is 12.2 Å². The number of rotatable bonds is 3. The Morgan fingerprint density at radius 3 is 2.90 bits per heavy atom. The zero-order valence-electron chi connectivity index (χ0n) is 10.8. The van der Waals surface area contributed by atoms with Crippen LogP contribution in [0.4, 0.5) is 0 Å². The molecular formula is C14H12N4OS. The second-order valence-corrected chi connectivity index (χ2v) is 4.63. The quantitative estimate of drug-likeness (QED) is 0.592. The van der Waals surface area contributed by atoms with Crippen LogP contribution in [-0.2, 0) is 0 Å². The number of hydrogen-bond acceptors (Lipinski definition) is 4. The van der Waals surface area contributed by atoms with Crippen molar-refractivity contribution in [1.82, 2.24) is 14.9 Å². The molecule has 5 nitrogen and oxygen atoms in total. The summed E-state index contributed by atoms with van der Waals surface area (Å²) >= 11 is 5.18. The van der Waals surface area contributed by atoms with E-state index in [9.17, 15) is 0 Å². The molecule has 3 rings (SSSR count). The van der Waals surface area contributed by atoms with Crippen LogP contribution in [0.3, 0.4) is 0 Å². The first-order chi connectivity index (χ1) is 9.75. The van der Waals surface area contributed by atoms with E-state index in [0.29, 0.717) is 16.4 Å². The minimum Gasteiger partial charge on any atom is -0.461 e. The fourth-order valence-electron chi connectivity index (χ4n) is 1.82. The monoisotopic (exact) mass is 284 g/mol. The number of aromatic amines is 1. The van der Waals surface area contributed by atoms with E-state index in [2.05, 4.69) is 15.3 Å². The van der Waals surface area contributed by atoms with Crippen LogP contribution in [-0.4, -0.2) is 21.1 Å². The molecule has 2 aromatic heterocycles. The van der Waals surface area contributed by atoms with Crippen molar-refractivity contribution >= 4 is 18.4 Å². The van der Waals surface area contributed by atoms with Gasteiger partial charge in [-0.05, 0) is 42.4 Å². The third-order valence-corrected chi connectivity index (χ3v) is 3.16. The van der Waals surface area contributed by atoms with Crippen LogP contribution in [0.15, 0.2) is 52.2 Å². The van der Waals surface area contributed by atoms with Crippen LogP contribution in [0.5, 0.6) is 0 Å². The molecule has 0 saturated carbocycles. The van der Waals surface area contributed by atoms with Gasteiger partial charge in [0.05, 0.1) is 12.5 Å². The lowest BCUT2D eigenvalue weighted by molar-refractivity contribution is 0.573. The molecule has 2 heterocycles. The highest BCUT2D eigenvalue weighted by atomic mass is 32.1. The van der Waals surface area contributed by atoms with Crippen molar-refractivity contribution in [3.63, 3.8) is 0 Å². The fourth-order valence-corrected chi connectivity index (χ4v) is 1.99. The Balaban J connectivity index is 2.02. The smallest absolute Gasteiger partial charge is 0.219 e. The summed E-state index contributed by atoms with van der Waals surface area (Å²) in [5.74, 6) is 1.16. The number of furan rings is 1. The van der Waals surface area contributed by atoms with Crippen molar-refractivity contribution < 1.29 is 4.42 Å². The molecule has 0 aliphatic heterocycles. The van der Waals surface area contributed by atoms with Crippen molar-refractivity contribution in [2.75, 3.05) is 0 Å². The van der Waals surface area contributed by atoms with Gasteiger partial charge < -0.3 is 4.42 Å². The lowest BCUT2D eigenvalue weighted by Gasteiger charge is -1.99. The third-order valence-electron chi connectivity index (χ3n) is 2.89. The van der Waals surface area contributed by atoms with Gasteiger partial charge in [0, 0.05) is 0 Å². The van der Waals surface area contributed by atoms with Crippen LogP contribution in [0.1, 0.15) is 11.1 Å². The molecule has 0 bridgehead atoms. The standard InChI is InChI=1S/C14H12N4OS/c1-10-5-2-3-6-11(10)9-15-18-13(16-17-14(18)20)12-7-4-8-19-12/h2-9H,1H3,(H,17,20). The third kappa shape index (κ3) is 2.33. The van der Waals surface area contributed by atoms with Gasteiger partial charge in [-0.15, -0.1) is 5.10 Å². The lowest BCUT2D eigenvalue weighted by Crippen LogP contribution is -1.95. The van der Waals surface area contributed by atoms with E-state index < -0.39 is 0 Å². The van der Waals surface area contributed by atoms with Gasteiger partial charge in [0.25, 0.3) is 0 Å². The molecule has 1 N–H and O–H groups in total. The highest BCUT2D eigenvalue weighted by Crippen LogP contribution is 2.17. The minimum atomic E-state index is 0.418. The van der Waals surface area contributed by atoms with E-state index in [1.54, 1.807) is 23.2 Å². The van der Waals surface area contributed by atoms with Crippen molar-refractivity contribution in [2.24, 2.45) is 5.10 Å². The van der Waals surface area contributed by atoms with Crippen molar-refractivity contribution in [2.45, 2.75) is 6.92 Å². The summed E-state index contributed by atoms with van der Waals surface area (Å²) in [6.45, 7) is 2.03. The number of aryl methyl sites for hydroxylation is 1. The summed E-state index contributed by atoms with van der Waals surface area (Å²) in [6, 6.07) is 11.6. The second kappa shape index (κ2) is 5.26. The lowest BCUT2D eigenvalue weighted by atomic mass is 10.1. The summed E-state index contributed by atoms with van der Waals surface area (Å²) in [6.07, 6.45) is 3.34. The highest BCUT2D eigenvalue weighted by Gasteiger charge is 2.10. The molecule has 100 valence electrons. The zero-order valence-corrected chi connectivity index (χ0v) is 11.6. The summed E-state index contributed by atoms with van der Waals surface area (Å²) in [7, 11) is 0. The number of benzene rings is 1. The Kier molecular flexibility index (Phi) is 3.30. The average molecular weight is 284 g/mol.